The molecule has 0 unspecified atom stereocenters. The normalized spacial score (nSPS) is 37.2. The number of rotatable bonds is 19. The van der Waals surface area contributed by atoms with E-state index in [1.807, 2.05) is 0 Å². The number of hydrogen-bond donors (Lipinski definition) is 0. The Morgan fingerprint density at radius 2 is 1.25 bits per heavy atom. The van der Waals surface area contributed by atoms with Gasteiger partial charge in [0.25, 0.3) is 0 Å². The van der Waals surface area contributed by atoms with E-state index in [-0.39, 0.29) is 17.5 Å². The Morgan fingerprint density at radius 3 is 1.88 bits per heavy atom. The van der Waals surface area contributed by atoms with Crippen molar-refractivity contribution in [2.75, 3.05) is 0 Å². The molecule has 5 saturated carbocycles. The van der Waals surface area contributed by atoms with E-state index in [4.69, 9.17) is 4.74 Å². The van der Waals surface area contributed by atoms with E-state index in [2.05, 4.69) is 116 Å². The zero-order chi connectivity index (χ0) is 37.5. The molecule has 0 aromatic heterocycles. The molecule has 0 bridgehead atoms. The number of unbranched alkanes of at least 4 members (excludes halogenated alkanes) is 1. The van der Waals surface area contributed by atoms with E-state index in [9.17, 15) is 4.79 Å². The van der Waals surface area contributed by atoms with Gasteiger partial charge in [-0.3, -0.25) is 4.79 Å². The Kier molecular flexibility index (Phi) is 14.1. The Hall–Kier alpha value is -1.83. The van der Waals surface area contributed by atoms with Gasteiger partial charge in [-0.1, -0.05) is 135 Å². The summed E-state index contributed by atoms with van der Waals surface area (Å²) in [5.41, 5.74) is 2.14. The van der Waals surface area contributed by atoms with Gasteiger partial charge in [0.05, 0.1) is 0 Å². The largest absolute Gasteiger partial charge is 0.462 e. The van der Waals surface area contributed by atoms with Gasteiger partial charge in [0.15, 0.2) is 0 Å². The number of hydrogen-bond acceptors (Lipinski definition) is 2. The lowest BCUT2D eigenvalue weighted by Gasteiger charge is -2.63. The first-order valence-electron chi connectivity index (χ1n) is 22.3. The van der Waals surface area contributed by atoms with E-state index >= 15 is 0 Å². The Labute approximate surface area is 321 Å². The summed E-state index contributed by atoms with van der Waals surface area (Å²) < 4.78 is 6.39. The van der Waals surface area contributed by atoms with Gasteiger partial charge < -0.3 is 4.74 Å². The molecule has 5 aliphatic carbocycles. The third-order valence-electron chi connectivity index (χ3n) is 16.4. The van der Waals surface area contributed by atoms with Crippen LogP contribution < -0.4 is 0 Å². The predicted octanol–water partition coefficient (Wildman–Crippen LogP) is 14.7. The van der Waals surface area contributed by atoms with Crippen molar-refractivity contribution >= 4 is 5.97 Å². The minimum atomic E-state index is 0.0287. The van der Waals surface area contributed by atoms with Gasteiger partial charge in [-0.15, -0.1) is 0 Å². The second-order valence-electron chi connectivity index (χ2n) is 19.9. The summed E-state index contributed by atoms with van der Waals surface area (Å²) in [6.07, 6.45) is 46.5. The average Bonchev–Trinajstić information content (AvgIpc) is 3.68. The van der Waals surface area contributed by atoms with Crippen LogP contribution in [-0.4, -0.2) is 12.1 Å². The van der Waals surface area contributed by atoms with Gasteiger partial charge in [0.1, 0.15) is 6.10 Å². The highest BCUT2D eigenvalue weighted by molar-refractivity contribution is 5.69. The topological polar surface area (TPSA) is 26.3 Å². The van der Waals surface area contributed by atoms with Crippen molar-refractivity contribution in [3.05, 3.63) is 60.8 Å². The predicted molar refractivity (Wildman–Crippen MR) is 223 cm³/mol. The SMILES string of the molecule is CC/C=C\C/C=C\C/C=C\C/C=C\C/C=C\CCCC(=O)O[C@H]1CC[C@]23C[C@]24CC[C@]2(C)[C@@H]([C@H](C)CCCC(C)C)CC[C@@]2(C)[C@@H]4CC[C@H]3C1(C)C. The molecule has 2 spiro atoms. The van der Waals surface area contributed by atoms with Gasteiger partial charge in [-0.25, -0.2) is 0 Å². The van der Waals surface area contributed by atoms with Crippen LogP contribution in [-0.2, 0) is 9.53 Å². The molecule has 52 heavy (non-hydrogen) atoms. The number of carbonyl (C=O) groups is 1. The molecule has 0 radical (unpaired) electrons. The highest BCUT2D eigenvalue weighted by atomic mass is 16.5. The van der Waals surface area contributed by atoms with Crippen LogP contribution in [0.3, 0.4) is 0 Å². The monoisotopic (exact) mass is 713 g/mol. The maximum atomic E-state index is 13.2. The van der Waals surface area contributed by atoms with Crippen LogP contribution in [0.4, 0.5) is 0 Å². The fourth-order valence-corrected chi connectivity index (χ4v) is 13.5. The Balaban J connectivity index is 1.04. The van der Waals surface area contributed by atoms with E-state index in [0.29, 0.717) is 34.0 Å². The zero-order valence-corrected chi connectivity index (χ0v) is 35.2. The summed E-state index contributed by atoms with van der Waals surface area (Å²) >= 11 is 0. The van der Waals surface area contributed by atoms with Gasteiger partial charge in [-0.2, -0.15) is 0 Å². The molecule has 0 aromatic rings. The first-order chi connectivity index (χ1) is 24.9. The maximum Gasteiger partial charge on any atom is 0.306 e. The van der Waals surface area contributed by atoms with Crippen LogP contribution in [0.2, 0.25) is 0 Å². The number of allylic oxidation sites excluding steroid dienone is 10. The zero-order valence-electron chi connectivity index (χ0n) is 35.2. The second kappa shape index (κ2) is 17.8. The first-order valence-corrected chi connectivity index (χ1v) is 22.3. The van der Waals surface area contributed by atoms with Crippen molar-refractivity contribution in [3.63, 3.8) is 0 Å². The molecule has 0 heterocycles. The standard InChI is InChI=1S/C50H80O2/c1-9-10-11-12-13-14-15-16-17-18-19-20-21-22-23-24-25-29-45(51)52-44-33-35-49-38-50(49)37-36-47(7)41(40(4)28-26-27-39(2)3)32-34-48(47,8)43(50)31-30-42(49)46(44,5)6/h10-11,13-14,16-17,19-20,22-23,39-44H,9,12,15,18,21,24-38H2,1-8H3/b11-10-,14-13-,17-16-,20-19-,23-22-/t40-,41-,42+,43+,44+,47-,48+,49-,50+/m1/s1. The Bertz CT molecular complexity index is 1310. The lowest BCUT2D eigenvalue weighted by molar-refractivity contribution is -0.183. The molecule has 2 nitrogen and oxygen atoms in total. The summed E-state index contributed by atoms with van der Waals surface area (Å²) in [5, 5.41) is 0. The van der Waals surface area contributed by atoms with Crippen molar-refractivity contribution in [3.8, 4) is 0 Å². The number of ether oxygens (including phenoxy) is 1. The summed E-state index contributed by atoms with van der Waals surface area (Å²) in [7, 11) is 0. The minimum Gasteiger partial charge on any atom is -0.462 e. The molecule has 0 saturated heterocycles. The van der Waals surface area contributed by atoms with E-state index in [0.717, 1.165) is 75.0 Å². The average molecular weight is 713 g/mol. The molecule has 5 aliphatic rings. The van der Waals surface area contributed by atoms with Crippen molar-refractivity contribution in [1.82, 2.24) is 0 Å². The number of carbonyl (C=O) groups excluding carboxylic acids is 1. The van der Waals surface area contributed by atoms with Crippen molar-refractivity contribution in [2.24, 2.45) is 56.7 Å². The minimum absolute atomic E-state index is 0.0287. The highest BCUT2D eigenvalue weighted by Gasteiger charge is 2.82. The molecule has 5 rings (SSSR count). The molecule has 9 atom stereocenters. The van der Waals surface area contributed by atoms with Crippen molar-refractivity contribution in [1.29, 1.82) is 0 Å². The van der Waals surface area contributed by atoms with Crippen LogP contribution >= 0.6 is 0 Å². The van der Waals surface area contributed by atoms with E-state index in [1.165, 1.54) is 70.6 Å². The van der Waals surface area contributed by atoms with Crippen molar-refractivity contribution < 1.29 is 9.53 Å². The van der Waals surface area contributed by atoms with E-state index < -0.39 is 0 Å². The molecular weight excluding hydrogens is 633 g/mol. The van der Waals surface area contributed by atoms with Gasteiger partial charge >= 0.3 is 5.97 Å². The lowest BCUT2D eigenvalue weighted by Crippen LogP contribution is -2.58. The summed E-state index contributed by atoms with van der Waals surface area (Å²) in [4.78, 5) is 13.2. The fourth-order valence-electron chi connectivity index (χ4n) is 13.5. The molecule has 0 aliphatic heterocycles. The summed E-state index contributed by atoms with van der Waals surface area (Å²) in [6, 6.07) is 0. The smallest absolute Gasteiger partial charge is 0.306 e. The van der Waals surface area contributed by atoms with Gasteiger partial charge in [-0.05, 0) is 154 Å². The molecule has 5 fully saturated rings. The fraction of sp³-hybridized carbons (Fsp3) is 0.780. The molecule has 292 valence electrons. The molecule has 0 aromatic carbocycles. The van der Waals surface area contributed by atoms with Crippen molar-refractivity contribution in [2.45, 2.75) is 190 Å². The summed E-state index contributed by atoms with van der Waals surface area (Å²) in [5.74, 6) is 4.22. The van der Waals surface area contributed by atoms with Crippen LogP contribution in [0, 0.1) is 56.7 Å². The number of esters is 1. The maximum absolute atomic E-state index is 13.2. The van der Waals surface area contributed by atoms with Gasteiger partial charge in [0, 0.05) is 11.8 Å². The van der Waals surface area contributed by atoms with E-state index in [1.54, 1.807) is 0 Å². The third kappa shape index (κ3) is 8.37. The molecular formula is C50H80O2. The lowest BCUT2D eigenvalue weighted by atomic mass is 9.41. The number of fused-ring (bicyclic) bond motifs is 2. The van der Waals surface area contributed by atoms with Gasteiger partial charge in [0.2, 0.25) is 0 Å². The third-order valence-corrected chi connectivity index (χ3v) is 16.4. The highest BCUT2D eigenvalue weighted by Crippen LogP contribution is 2.89. The quantitative estimate of drug-likeness (QED) is 0.0757. The first kappa shape index (κ1) is 41.3. The van der Waals surface area contributed by atoms with Crippen LogP contribution in [0.5, 0.6) is 0 Å². The second-order valence-corrected chi connectivity index (χ2v) is 19.9. The molecule has 0 N–H and O–H groups in total. The van der Waals surface area contributed by atoms with Crippen LogP contribution in [0.1, 0.15) is 184 Å². The molecule has 2 heteroatoms. The molecule has 0 amide bonds. The summed E-state index contributed by atoms with van der Waals surface area (Å²) in [6.45, 7) is 20.0. The van der Waals surface area contributed by atoms with Crippen LogP contribution in [0.15, 0.2) is 60.8 Å². The van der Waals surface area contributed by atoms with Crippen LogP contribution in [0.25, 0.3) is 0 Å². The Morgan fingerprint density at radius 1 is 0.654 bits per heavy atom.